The van der Waals surface area contributed by atoms with E-state index in [1.165, 1.54) is 24.1 Å². The number of halogens is 1. The van der Waals surface area contributed by atoms with Gasteiger partial charge in [0, 0.05) is 19.3 Å². The second kappa shape index (κ2) is 8.21. The van der Waals surface area contributed by atoms with Crippen molar-refractivity contribution in [1.82, 2.24) is 4.90 Å². The van der Waals surface area contributed by atoms with Crippen LogP contribution in [0.2, 0.25) is 0 Å². The molecule has 1 rings (SSSR count). The number of nitrogens with two attached hydrogens (primary N) is 1. The van der Waals surface area contributed by atoms with E-state index in [0.29, 0.717) is 0 Å². The predicted octanol–water partition coefficient (Wildman–Crippen LogP) is 1.06. The molecule has 0 saturated carbocycles. The summed E-state index contributed by atoms with van der Waals surface area (Å²) in [5.74, 6) is -1.90. The molecule has 0 fully saturated rings. The fourth-order valence-corrected chi connectivity index (χ4v) is 1.69. The summed E-state index contributed by atoms with van der Waals surface area (Å²) < 4.78 is 23.5. The van der Waals surface area contributed by atoms with Gasteiger partial charge in [-0.3, -0.25) is 9.59 Å². The molecule has 1 aromatic rings. The molecule has 0 spiro atoms. The van der Waals surface area contributed by atoms with Crippen molar-refractivity contribution in [3.63, 3.8) is 0 Å². The Bertz CT molecular complexity index is 508. The first-order valence-electron chi connectivity index (χ1n) is 6.48. The maximum atomic E-state index is 13.8. The maximum absolute atomic E-state index is 13.8. The summed E-state index contributed by atoms with van der Waals surface area (Å²) in [4.78, 5) is 25.0. The number of carbonyl (C=O) groups excluding carboxylic acids is 2. The lowest BCUT2D eigenvalue weighted by Gasteiger charge is -2.21. The highest BCUT2D eigenvalue weighted by molar-refractivity contribution is 5.96. The third-order valence-corrected chi connectivity index (χ3v) is 2.70. The fraction of sp³-hybridized carbons (Fsp3) is 0.429. The van der Waals surface area contributed by atoms with Crippen LogP contribution in [-0.2, 0) is 14.3 Å². The number of rotatable bonds is 7. The van der Waals surface area contributed by atoms with Crippen molar-refractivity contribution in [3.05, 3.63) is 29.6 Å². The number of esters is 1. The van der Waals surface area contributed by atoms with E-state index in [1.54, 1.807) is 6.92 Å². The maximum Gasteiger partial charge on any atom is 0.325 e. The van der Waals surface area contributed by atoms with Crippen molar-refractivity contribution in [2.45, 2.75) is 6.92 Å². The number of carbonyl (C=O) groups is 2. The van der Waals surface area contributed by atoms with Crippen LogP contribution in [0.3, 0.4) is 0 Å². The summed E-state index contributed by atoms with van der Waals surface area (Å²) in [5, 5.41) is 0. The topological polar surface area (TPSA) is 81.9 Å². The van der Waals surface area contributed by atoms with Gasteiger partial charge in [-0.1, -0.05) is 0 Å². The first kappa shape index (κ1) is 16.9. The Morgan fingerprint density at radius 3 is 2.67 bits per heavy atom. The molecule has 21 heavy (non-hydrogen) atoms. The summed E-state index contributed by atoms with van der Waals surface area (Å²) >= 11 is 0. The van der Waals surface area contributed by atoms with Crippen molar-refractivity contribution in [1.29, 1.82) is 0 Å². The van der Waals surface area contributed by atoms with Crippen molar-refractivity contribution < 1.29 is 23.5 Å². The normalized spacial score (nSPS) is 10.2. The molecule has 0 aliphatic rings. The Morgan fingerprint density at radius 1 is 1.38 bits per heavy atom. The number of amides is 1. The summed E-state index contributed by atoms with van der Waals surface area (Å²) in [7, 11) is 1.47. The number of ether oxygens (including phenoxy) is 2. The zero-order chi connectivity index (χ0) is 15.8. The van der Waals surface area contributed by atoms with E-state index < -0.39 is 17.7 Å². The molecule has 116 valence electrons. The number of nitrogens with zero attached hydrogens (tertiary/aromatic N) is 1. The molecule has 0 radical (unpaired) electrons. The first-order valence-corrected chi connectivity index (χ1v) is 6.48. The molecule has 0 unspecified atom stereocenters. The molecule has 2 N–H and O–H groups in total. The Kier molecular flexibility index (Phi) is 6.61. The average Bonchev–Trinajstić information content (AvgIpc) is 2.43. The molecule has 0 aliphatic carbocycles. The van der Waals surface area contributed by atoms with Crippen molar-refractivity contribution in [2.75, 3.05) is 39.1 Å². The van der Waals surface area contributed by atoms with Crippen LogP contribution in [0.4, 0.5) is 10.1 Å². The highest BCUT2D eigenvalue weighted by atomic mass is 19.1. The Morgan fingerprint density at radius 2 is 2.10 bits per heavy atom. The molecule has 1 aromatic carbocycles. The zero-order valence-electron chi connectivity index (χ0n) is 12.1. The Hall–Kier alpha value is -2.15. The van der Waals surface area contributed by atoms with Gasteiger partial charge in [0.15, 0.2) is 0 Å². The third kappa shape index (κ3) is 5.03. The molecular weight excluding hydrogens is 279 g/mol. The van der Waals surface area contributed by atoms with Gasteiger partial charge in [-0.25, -0.2) is 4.39 Å². The minimum absolute atomic E-state index is 0.149. The number of nitrogen functional groups attached to an aromatic ring is 1. The molecular formula is C14H19FN2O4. The first-order chi connectivity index (χ1) is 9.99. The van der Waals surface area contributed by atoms with E-state index in [1.807, 2.05) is 0 Å². The molecule has 0 aliphatic heterocycles. The standard InChI is InChI=1S/C14H19FN2O4/c1-3-21-13(18)9-17(6-7-20-2)14(19)11-5-4-10(16)8-12(11)15/h4-5,8H,3,6-7,9,16H2,1-2H3. The Labute approximate surface area is 122 Å². The van der Waals surface area contributed by atoms with Gasteiger partial charge in [0.1, 0.15) is 12.4 Å². The minimum Gasteiger partial charge on any atom is -0.465 e. The second-order valence-corrected chi connectivity index (χ2v) is 4.26. The van der Waals surface area contributed by atoms with Crippen LogP contribution in [0.5, 0.6) is 0 Å². The molecule has 0 saturated heterocycles. The van der Waals surface area contributed by atoms with Crippen LogP contribution in [-0.4, -0.2) is 50.2 Å². The lowest BCUT2D eigenvalue weighted by Crippen LogP contribution is -2.39. The van der Waals surface area contributed by atoms with Crippen molar-refractivity contribution in [3.8, 4) is 0 Å². The lowest BCUT2D eigenvalue weighted by atomic mass is 10.1. The molecule has 0 atom stereocenters. The SMILES string of the molecule is CCOC(=O)CN(CCOC)C(=O)c1ccc(N)cc1F. The van der Waals surface area contributed by atoms with Gasteiger partial charge in [-0.05, 0) is 25.1 Å². The van der Waals surface area contributed by atoms with E-state index in [-0.39, 0.29) is 37.6 Å². The number of hydrogen-bond acceptors (Lipinski definition) is 5. The minimum atomic E-state index is -0.730. The molecule has 6 nitrogen and oxygen atoms in total. The number of benzene rings is 1. The molecule has 0 bridgehead atoms. The fourth-order valence-electron chi connectivity index (χ4n) is 1.69. The predicted molar refractivity (Wildman–Crippen MR) is 75.2 cm³/mol. The molecule has 7 heteroatoms. The zero-order valence-corrected chi connectivity index (χ0v) is 12.1. The molecule has 0 heterocycles. The van der Waals surface area contributed by atoms with E-state index in [2.05, 4.69) is 0 Å². The molecule has 1 amide bonds. The number of anilines is 1. The van der Waals surface area contributed by atoms with E-state index in [4.69, 9.17) is 15.2 Å². The third-order valence-electron chi connectivity index (χ3n) is 2.70. The largest absolute Gasteiger partial charge is 0.465 e. The quantitative estimate of drug-likeness (QED) is 0.601. The van der Waals surface area contributed by atoms with Crippen molar-refractivity contribution >= 4 is 17.6 Å². The van der Waals surface area contributed by atoms with E-state index >= 15 is 0 Å². The molecule has 0 aromatic heterocycles. The van der Waals surface area contributed by atoms with Crippen LogP contribution in [0.1, 0.15) is 17.3 Å². The summed E-state index contributed by atoms with van der Waals surface area (Å²) in [6.45, 7) is 1.99. The van der Waals surface area contributed by atoms with Gasteiger partial charge in [0.05, 0.1) is 18.8 Å². The van der Waals surface area contributed by atoms with Gasteiger partial charge >= 0.3 is 5.97 Å². The summed E-state index contributed by atoms with van der Waals surface area (Å²) in [5.41, 5.74) is 5.52. The van der Waals surface area contributed by atoms with Crippen LogP contribution >= 0.6 is 0 Å². The van der Waals surface area contributed by atoms with Gasteiger partial charge < -0.3 is 20.1 Å². The van der Waals surface area contributed by atoms with E-state index in [0.717, 1.165) is 6.07 Å². The van der Waals surface area contributed by atoms with Crippen LogP contribution in [0.15, 0.2) is 18.2 Å². The average molecular weight is 298 g/mol. The number of hydrogen-bond donors (Lipinski definition) is 1. The van der Waals surface area contributed by atoms with Crippen molar-refractivity contribution in [2.24, 2.45) is 0 Å². The van der Waals surface area contributed by atoms with Crippen LogP contribution in [0.25, 0.3) is 0 Å². The Balaban J connectivity index is 2.90. The second-order valence-electron chi connectivity index (χ2n) is 4.26. The van der Waals surface area contributed by atoms with Gasteiger partial charge in [-0.15, -0.1) is 0 Å². The summed E-state index contributed by atoms with van der Waals surface area (Å²) in [6, 6.07) is 3.78. The van der Waals surface area contributed by atoms with E-state index in [9.17, 15) is 14.0 Å². The lowest BCUT2D eigenvalue weighted by molar-refractivity contribution is -0.143. The van der Waals surface area contributed by atoms with Gasteiger partial charge in [0.25, 0.3) is 5.91 Å². The van der Waals surface area contributed by atoms with Gasteiger partial charge in [-0.2, -0.15) is 0 Å². The smallest absolute Gasteiger partial charge is 0.325 e. The van der Waals surface area contributed by atoms with Crippen LogP contribution < -0.4 is 5.73 Å². The monoisotopic (exact) mass is 298 g/mol. The summed E-state index contributed by atoms with van der Waals surface area (Å²) in [6.07, 6.45) is 0. The highest BCUT2D eigenvalue weighted by Crippen LogP contribution is 2.14. The van der Waals surface area contributed by atoms with Gasteiger partial charge in [0.2, 0.25) is 0 Å². The highest BCUT2D eigenvalue weighted by Gasteiger charge is 2.22. The number of methoxy groups -OCH3 is 1. The van der Waals surface area contributed by atoms with Crippen LogP contribution in [0, 0.1) is 5.82 Å².